The Balaban J connectivity index is 2.10. The molecule has 1 N–H and O–H groups in total. The van der Waals surface area contributed by atoms with Crippen molar-refractivity contribution in [3.8, 4) is 0 Å². The number of carbonyl (C=O) groups is 1. The third-order valence-corrected chi connectivity index (χ3v) is 2.04. The van der Waals surface area contributed by atoms with Gasteiger partial charge in [-0.3, -0.25) is 4.79 Å². The van der Waals surface area contributed by atoms with Crippen molar-refractivity contribution in [1.29, 1.82) is 0 Å². The Morgan fingerprint density at radius 3 is 2.88 bits per heavy atom. The van der Waals surface area contributed by atoms with Gasteiger partial charge < -0.3 is 5.32 Å². The second-order valence-electron chi connectivity index (χ2n) is 3.46. The Labute approximate surface area is 94.0 Å². The summed E-state index contributed by atoms with van der Waals surface area (Å²) in [7, 11) is 0. The van der Waals surface area contributed by atoms with E-state index < -0.39 is 18.5 Å². The van der Waals surface area contributed by atoms with Crippen molar-refractivity contribution in [3.63, 3.8) is 0 Å². The molecule has 2 aromatic rings. The Hall–Kier alpha value is -2.05. The standard InChI is InChI=1S/C10H8F3N3O/c11-10(12,13)6-9(17)15-7-2-4-16-8(5-7)1-3-14-16/h1-5H,6H2,(H,15,17). The zero-order chi connectivity index (χ0) is 12.5. The smallest absolute Gasteiger partial charge is 0.326 e. The Morgan fingerprint density at radius 2 is 2.18 bits per heavy atom. The van der Waals surface area contributed by atoms with Crippen LogP contribution in [0.5, 0.6) is 0 Å². The Kier molecular flexibility index (Phi) is 2.74. The second-order valence-corrected chi connectivity index (χ2v) is 3.46. The number of nitrogens with zero attached hydrogens (tertiary/aromatic N) is 2. The van der Waals surface area contributed by atoms with Gasteiger partial charge in [0.05, 0.1) is 5.52 Å². The summed E-state index contributed by atoms with van der Waals surface area (Å²) in [6, 6.07) is 4.70. The lowest BCUT2D eigenvalue weighted by atomic mass is 10.3. The van der Waals surface area contributed by atoms with Crippen LogP contribution in [0.3, 0.4) is 0 Å². The van der Waals surface area contributed by atoms with Crippen LogP contribution in [0.25, 0.3) is 5.52 Å². The van der Waals surface area contributed by atoms with Crippen LogP contribution < -0.4 is 5.32 Å². The van der Waals surface area contributed by atoms with Crippen LogP contribution in [0.1, 0.15) is 6.42 Å². The molecule has 0 aromatic carbocycles. The van der Waals surface area contributed by atoms with Crippen molar-refractivity contribution < 1.29 is 18.0 Å². The monoisotopic (exact) mass is 243 g/mol. The number of hydrogen-bond donors (Lipinski definition) is 1. The van der Waals surface area contributed by atoms with Gasteiger partial charge in [0.15, 0.2) is 0 Å². The molecule has 2 aromatic heterocycles. The van der Waals surface area contributed by atoms with E-state index in [1.807, 2.05) is 0 Å². The number of carbonyl (C=O) groups excluding carboxylic acids is 1. The average molecular weight is 243 g/mol. The highest BCUT2D eigenvalue weighted by Gasteiger charge is 2.31. The molecule has 0 spiro atoms. The summed E-state index contributed by atoms with van der Waals surface area (Å²) in [6.45, 7) is 0. The van der Waals surface area contributed by atoms with E-state index in [1.54, 1.807) is 29.0 Å². The average Bonchev–Trinajstić information content (AvgIpc) is 2.61. The summed E-state index contributed by atoms with van der Waals surface area (Å²) in [5.74, 6) is -1.08. The molecule has 0 aliphatic rings. The quantitative estimate of drug-likeness (QED) is 0.879. The van der Waals surface area contributed by atoms with Gasteiger partial charge in [0.25, 0.3) is 0 Å². The predicted molar refractivity (Wildman–Crippen MR) is 54.5 cm³/mol. The maximum absolute atomic E-state index is 11.9. The van der Waals surface area contributed by atoms with Crippen LogP contribution in [0, 0.1) is 0 Å². The van der Waals surface area contributed by atoms with E-state index in [4.69, 9.17) is 0 Å². The molecular weight excluding hydrogens is 235 g/mol. The molecule has 0 radical (unpaired) electrons. The van der Waals surface area contributed by atoms with E-state index >= 15 is 0 Å². The highest BCUT2D eigenvalue weighted by molar-refractivity contribution is 5.91. The van der Waals surface area contributed by atoms with Crippen LogP contribution in [0.15, 0.2) is 30.6 Å². The molecule has 0 aliphatic heterocycles. The van der Waals surface area contributed by atoms with Crippen molar-refractivity contribution in [2.45, 2.75) is 12.6 Å². The Bertz CT molecular complexity index is 547. The second kappa shape index (κ2) is 4.08. The summed E-state index contributed by atoms with van der Waals surface area (Å²) >= 11 is 0. The molecular formula is C10H8F3N3O. The lowest BCUT2D eigenvalue weighted by Crippen LogP contribution is -2.21. The van der Waals surface area contributed by atoms with Gasteiger partial charge in [0.2, 0.25) is 5.91 Å². The lowest BCUT2D eigenvalue weighted by Gasteiger charge is -2.07. The number of alkyl halides is 3. The number of fused-ring (bicyclic) bond motifs is 1. The normalized spacial score (nSPS) is 11.7. The van der Waals surface area contributed by atoms with Gasteiger partial charge in [-0.15, -0.1) is 0 Å². The highest BCUT2D eigenvalue weighted by Crippen LogP contribution is 2.20. The molecule has 0 fully saturated rings. The number of rotatable bonds is 2. The molecule has 0 atom stereocenters. The molecule has 0 unspecified atom stereocenters. The van der Waals surface area contributed by atoms with Crippen molar-refractivity contribution in [3.05, 3.63) is 30.6 Å². The maximum Gasteiger partial charge on any atom is 0.397 e. The minimum Gasteiger partial charge on any atom is -0.326 e. The van der Waals surface area contributed by atoms with Gasteiger partial charge in [0, 0.05) is 18.1 Å². The van der Waals surface area contributed by atoms with E-state index in [0.29, 0.717) is 11.2 Å². The number of aromatic nitrogens is 2. The summed E-state index contributed by atoms with van der Waals surface area (Å²) in [5.41, 5.74) is 1.00. The third kappa shape index (κ3) is 2.96. The Morgan fingerprint density at radius 1 is 1.41 bits per heavy atom. The van der Waals surface area contributed by atoms with Crippen LogP contribution >= 0.6 is 0 Å². The first-order chi connectivity index (χ1) is 7.94. The number of amides is 1. The number of pyridine rings is 1. The lowest BCUT2D eigenvalue weighted by molar-refractivity contribution is -0.150. The fraction of sp³-hybridized carbons (Fsp3) is 0.200. The van der Waals surface area contributed by atoms with Gasteiger partial charge in [-0.2, -0.15) is 18.3 Å². The van der Waals surface area contributed by atoms with E-state index in [1.165, 1.54) is 6.07 Å². The molecule has 4 nitrogen and oxygen atoms in total. The number of hydrogen-bond acceptors (Lipinski definition) is 2. The number of anilines is 1. The fourth-order valence-corrected chi connectivity index (χ4v) is 1.39. The van der Waals surface area contributed by atoms with Crippen LogP contribution in [0.2, 0.25) is 0 Å². The molecule has 17 heavy (non-hydrogen) atoms. The highest BCUT2D eigenvalue weighted by atomic mass is 19.4. The minimum atomic E-state index is -4.50. The summed E-state index contributed by atoms with van der Waals surface area (Å²) in [5, 5.41) is 6.10. The van der Waals surface area contributed by atoms with Crippen molar-refractivity contribution >= 4 is 17.1 Å². The fourth-order valence-electron chi connectivity index (χ4n) is 1.39. The molecule has 0 aliphatic carbocycles. The van der Waals surface area contributed by atoms with Gasteiger partial charge in [-0.1, -0.05) is 0 Å². The van der Waals surface area contributed by atoms with Crippen LogP contribution in [-0.2, 0) is 4.79 Å². The molecule has 1 amide bonds. The third-order valence-electron chi connectivity index (χ3n) is 2.04. The largest absolute Gasteiger partial charge is 0.397 e. The topological polar surface area (TPSA) is 46.4 Å². The van der Waals surface area contributed by atoms with Crippen molar-refractivity contribution in [1.82, 2.24) is 9.61 Å². The molecule has 2 rings (SSSR count). The summed E-state index contributed by atoms with van der Waals surface area (Å²) < 4.78 is 37.4. The first-order valence-corrected chi connectivity index (χ1v) is 4.74. The predicted octanol–water partition coefficient (Wildman–Crippen LogP) is 2.23. The molecule has 0 saturated carbocycles. The van der Waals surface area contributed by atoms with Gasteiger partial charge >= 0.3 is 6.18 Å². The molecule has 7 heteroatoms. The van der Waals surface area contributed by atoms with Gasteiger partial charge in [-0.05, 0) is 18.2 Å². The van der Waals surface area contributed by atoms with Crippen LogP contribution in [0.4, 0.5) is 18.9 Å². The van der Waals surface area contributed by atoms with Crippen LogP contribution in [-0.4, -0.2) is 21.7 Å². The van der Waals surface area contributed by atoms with E-state index in [2.05, 4.69) is 10.4 Å². The molecule has 90 valence electrons. The molecule has 2 heterocycles. The summed E-state index contributed by atoms with van der Waals surface area (Å²) in [6.07, 6.45) is -2.88. The van der Waals surface area contributed by atoms with Crippen molar-refractivity contribution in [2.24, 2.45) is 0 Å². The minimum absolute atomic E-state index is 0.312. The SMILES string of the molecule is O=C(CC(F)(F)F)Nc1ccn2nccc2c1. The van der Waals surface area contributed by atoms with Crippen molar-refractivity contribution in [2.75, 3.05) is 5.32 Å². The number of nitrogens with one attached hydrogen (secondary N) is 1. The molecule has 0 saturated heterocycles. The zero-order valence-electron chi connectivity index (χ0n) is 8.53. The maximum atomic E-state index is 11.9. The van der Waals surface area contributed by atoms with E-state index in [9.17, 15) is 18.0 Å². The zero-order valence-corrected chi connectivity index (χ0v) is 8.53. The number of halogens is 3. The van der Waals surface area contributed by atoms with Gasteiger partial charge in [0.1, 0.15) is 6.42 Å². The first-order valence-electron chi connectivity index (χ1n) is 4.74. The van der Waals surface area contributed by atoms with Gasteiger partial charge in [-0.25, -0.2) is 4.52 Å². The molecule has 0 bridgehead atoms. The first kappa shape index (κ1) is 11.4. The van der Waals surface area contributed by atoms with E-state index in [-0.39, 0.29) is 0 Å². The van der Waals surface area contributed by atoms with E-state index in [0.717, 1.165) is 0 Å². The summed E-state index contributed by atoms with van der Waals surface area (Å²) in [4.78, 5) is 11.0.